The van der Waals surface area contributed by atoms with Gasteiger partial charge in [0.25, 0.3) is 0 Å². The number of nitrogens with zero attached hydrogens (tertiary/aromatic N) is 2. The van der Waals surface area contributed by atoms with Crippen LogP contribution in [0.25, 0.3) is 0 Å². The molecule has 5 nitrogen and oxygen atoms in total. The summed E-state index contributed by atoms with van der Waals surface area (Å²) in [5.41, 5.74) is 2.67. The highest BCUT2D eigenvalue weighted by molar-refractivity contribution is 5.73. The number of benzene rings is 1. The van der Waals surface area contributed by atoms with Crippen molar-refractivity contribution in [2.24, 2.45) is 0 Å². The van der Waals surface area contributed by atoms with Gasteiger partial charge in [0.05, 0.1) is 6.10 Å². The number of anilines is 1. The highest BCUT2D eigenvalue weighted by Gasteiger charge is 2.24. The van der Waals surface area contributed by atoms with E-state index in [0.29, 0.717) is 25.6 Å². The first-order valence-electron chi connectivity index (χ1n) is 8.00. The first-order chi connectivity index (χ1) is 10.5. The first kappa shape index (κ1) is 16.6. The first-order valence-corrected chi connectivity index (χ1v) is 8.00. The fourth-order valence-corrected chi connectivity index (χ4v) is 2.87. The minimum absolute atomic E-state index is 0.0826. The third-order valence-corrected chi connectivity index (χ3v) is 4.21. The van der Waals surface area contributed by atoms with E-state index in [1.165, 1.54) is 11.3 Å². The molecular formula is C17H27N3O2. The van der Waals surface area contributed by atoms with Crippen molar-refractivity contribution in [3.05, 3.63) is 29.8 Å². The number of amides is 2. The molecule has 2 amide bonds. The number of carbonyl (C=O) groups excluding carboxylic acids is 1. The average Bonchev–Trinajstić information content (AvgIpc) is 2.80. The molecule has 2 atom stereocenters. The van der Waals surface area contributed by atoms with Crippen LogP contribution in [0, 0.1) is 0 Å². The molecule has 1 aliphatic rings. The fraction of sp³-hybridized carbons (Fsp3) is 0.588. The third kappa shape index (κ3) is 4.13. The summed E-state index contributed by atoms with van der Waals surface area (Å²) in [6.07, 6.45) is 1.29. The zero-order valence-corrected chi connectivity index (χ0v) is 13.7. The lowest BCUT2D eigenvalue weighted by molar-refractivity contribution is 0.163. The second kappa shape index (κ2) is 7.49. The quantitative estimate of drug-likeness (QED) is 0.843. The number of nitrogens with one attached hydrogen (secondary N) is 1. The molecule has 0 saturated heterocycles. The van der Waals surface area contributed by atoms with E-state index in [9.17, 15) is 9.90 Å². The van der Waals surface area contributed by atoms with Gasteiger partial charge < -0.3 is 20.2 Å². The van der Waals surface area contributed by atoms with Crippen LogP contribution in [0.1, 0.15) is 25.8 Å². The lowest BCUT2D eigenvalue weighted by Crippen LogP contribution is -2.43. The van der Waals surface area contributed by atoms with Crippen LogP contribution >= 0.6 is 0 Å². The van der Waals surface area contributed by atoms with Gasteiger partial charge in [0.1, 0.15) is 0 Å². The molecule has 2 N–H and O–H groups in total. The standard InChI is InChI=1S/C17H27N3O2/c1-13-12-15-6-4-5-7-16(15)20(13)11-9-18-17(22)19(3)10-8-14(2)21/h4-7,13-14,21H,8-12H2,1-3H3,(H,18,22). The summed E-state index contributed by atoms with van der Waals surface area (Å²) in [7, 11) is 1.76. The Kier molecular flexibility index (Phi) is 5.66. The molecule has 1 heterocycles. The molecule has 2 rings (SSSR count). The van der Waals surface area contributed by atoms with Gasteiger partial charge in [-0.05, 0) is 38.3 Å². The van der Waals surface area contributed by atoms with E-state index in [1.54, 1.807) is 18.9 Å². The minimum atomic E-state index is -0.378. The summed E-state index contributed by atoms with van der Waals surface area (Å²) >= 11 is 0. The van der Waals surface area contributed by atoms with E-state index in [4.69, 9.17) is 0 Å². The lowest BCUT2D eigenvalue weighted by atomic mass is 10.1. The monoisotopic (exact) mass is 305 g/mol. The van der Waals surface area contributed by atoms with Gasteiger partial charge in [-0.2, -0.15) is 0 Å². The highest BCUT2D eigenvalue weighted by atomic mass is 16.3. The van der Waals surface area contributed by atoms with E-state index < -0.39 is 0 Å². The van der Waals surface area contributed by atoms with Gasteiger partial charge in [-0.15, -0.1) is 0 Å². The number of aliphatic hydroxyl groups excluding tert-OH is 1. The Bertz CT molecular complexity index is 504. The van der Waals surface area contributed by atoms with E-state index in [0.717, 1.165) is 13.0 Å². The van der Waals surface area contributed by atoms with Crippen LogP contribution in [-0.4, -0.2) is 54.9 Å². The average molecular weight is 305 g/mol. The van der Waals surface area contributed by atoms with Gasteiger partial charge in [0, 0.05) is 38.4 Å². The lowest BCUT2D eigenvalue weighted by Gasteiger charge is -2.26. The number of hydrogen-bond acceptors (Lipinski definition) is 3. The SMILES string of the molecule is CC(O)CCN(C)C(=O)NCCN1c2ccccc2CC1C. The zero-order chi connectivity index (χ0) is 16.1. The van der Waals surface area contributed by atoms with Crippen molar-refractivity contribution in [3.8, 4) is 0 Å². The molecule has 2 unspecified atom stereocenters. The van der Waals surface area contributed by atoms with Crippen LogP contribution in [0.3, 0.4) is 0 Å². The predicted octanol–water partition coefficient (Wildman–Crippen LogP) is 1.85. The summed E-state index contributed by atoms with van der Waals surface area (Å²) < 4.78 is 0. The van der Waals surface area contributed by atoms with Crippen LogP contribution in [0.2, 0.25) is 0 Å². The Morgan fingerprint density at radius 3 is 2.95 bits per heavy atom. The predicted molar refractivity (Wildman–Crippen MR) is 89.3 cm³/mol. The molecule has 0 fully saturated rings. The van der Waals surface area contributed by atoms with Crippen LogP contribution < -0.4 is 10.2 Å². The molecule has 1 aliphatic heterocycles. The second-order valence-corrected chi connectivity index (χ2v) is 6.17. The number of para-hydroxylation sites is 1. The van der Waals surface area contributed by atoms with Crippen molar-refractivity contribution in [1.29, 1.82) is 0 Å². The molecule has 0 saturated carbocycles. The molecule has 1 aromatic carbocycles. The molecule has 5 heteroatoms. The van der Waals surface area contributed by atoms with Crippen LogP contribution in [0.5, 0.6) is 0 Å². The van der Waals surface area contributed by atoms with Crippen LogP contribution in [0.4, 0.5) is 10.5 Å². The Balaban J connectivity index is 1.78. The van der Waals surface area contributed by atoms with Gasteiger partial charge in [-0.1, -0.05) is 18.2 Å². The van der Waals surface area contributed by atoms with Crippen molar-refractivity contribution in [2.45, 2.75) is 38.8 Å². The molecule has 122 valence electrons. The maximum absolute atomic E-state index is 12.0. The Morgan fingerprint density at radius 1 is 1.50 bits per heavy atom. The molecule has 0 aromatic heterocycles. The van der Waals surface area contributed by atoms with E-state index >= 15 is 0 Å². The second-order valence-electron chi connectivity index (χ2n) is 6.17. The summed E-state index contributed by atoms with van der Waals surface area (Å²) in [4.78, 5) is 15.9. The van der Waals surface area contributed by atoms with Crippen LogP contribution in [-0.2, 0) is 6.42 Å². The summed E-state index contributed by atoms with van der Waals surface area (Å²) in [6.45, 7) is 5.95. The molecule has 0 spiro atoms. The van der Waals surface area contributed by atoms with Crippen molar-refractivity contribution < 1.29 is 9.90 Å². The summed E-state index contributed by atoms with van der Waals surface area (Å²) in [6, 6.07) is 8.85. The molecular weight excluding hydrogens is 278 g/mol. The van der Waals surface area contributed by atoms with E-state index in [1.807, 2.05) is 0 Å². The molecule has 0 aliphatic carbocycles. The van der Waals surface area contributed by atoms with Crippen molar-refractivity contribution in [2.75, 3.05) is 31.6 Å². The fourth-order valence-electron chi connectivity index (χ4n) is 2.87. The maximum Gasteiger partial charge on any atom is 0.317 e. The Labute approximate surface area is 132 Å². The van der Waals surface area contributed by atoms with Crippen molar-refractivity contribution in [1.82, 2.24) is 10.2 Å². The number of aliphatic hydroxyl groups is 1. The molecule has 0 radical (unpaired) electrons. The normalized spacial score (nSPS) is 18.0. The topological polar surface area (TPSA) is 55.8 Å². The van der Waals surface area contributed by atoms with Gasteiger partial charge in [0.15, 0.2) is 0 Å². The number of hydrogen-bond donors (Lipinski definition) is 2. The van der Waals surface area contributed by atoms with Gasteiger partial charge >= 0.3 is 6.03 Å². The van der Waals surface area contributed by atoms with Crippen LogP contribution in [0.15, 0.2) is 24.3 Å². The number of carbonyl (C=O) groups is 1. The van der Waals surface area contributed by atoms with Crippen molar-refractivity contribution in [3.63, 3.8) is 0 Å². The minimum Gasteiger partial charge on any atom is -0.393 e. The largest absolute Gasteiger partial charge is 0.393 e. The van der Waals surface area contributed by atoms with Gasteiger partial charge in [-0.3, -0.25) is 0 Å². The van der Waals surface area contributed by atoms with Gasteiger partial charge in [-0.25, -0.2) is 4.79 Å². The number of fused-ring (bicyclic) bond motifs is 1. The Hall–Kier alpha value is -1.75. The summed E-state index contributed by atoms with van der Waals surface area (Å²) in [5.74, 6) is 0. The van der Waals surface area contributed by atoms with Crippen molar-refractivity contribution >= 4 is 11.7 Å². The number of rotatable bonds is 6. The van der Waals surface area contributed by atoms with Gasteiger partial charge in [0.2, 0.25) is 0 Å². The zero-order valence-electron chi connectivity index (χ0n) is 13.7. The Morgan fingerprint density at radius 2 is 2.23 bits per heavy atom. The maximum atomic E-state index is 12.0. The molecule has 1 aromatic rings. The highest BCUT2D eigenvalue weighted by Crippen LogP contribution is 2.31. The number of urea groups is 1. The molecule has 22 heavy (non-hydrogen) atoms. The third-order valence-electron chi connectivity index (χ3n) is 4.21. The van der Waals surface area contributed by atoms with E-state index in [2.05, 4.69) is 41.4 Å². The molecule has 0 bridgehead atoms. The summed E-state index contributed by atoms with van der Waals surface area (Å²) in [5, 5.41) is 12.2. The smallest absolute Gasteiger partial charge is 0.317 e. The van der Waals surface area contributed by atoms with E-state index in [-0.39, 0.29) is 12.1 Å².